The van der Waals surface area contributed by atoms with Gasteiger partial charge in [0.2, 0.25) is 0 Å². The maximum absolute atomic E-state index is 9.36. The molecule has 0 unspecified atom stereocenters. The van der Waals surface area contributed by atoms with Crippen molar-refractivity contribution in [2.45, 2.75) is 6.92 Å². The van der Waals surface area contributed by atoms with E-state index in [-0.39, 0.29) is 5.75 Å². The Morgan fingerprint density at radius 1 is 1.62 bits per heavy atom. The van der Waals surface area contributed by atoms with Crippen LogP contribution in [-0.4, -0.2) is 17.9 Å². The van der Waals surface area contributed by atoms with Gasteiger partial charge in [-0.3, -0.25) is 0 Å². The lowest BCUT2D eigenvalue weighted by atomic mass is 10.2. The second kappa shape index (κ2) is 4.72. The lowest BCUT2D eigenvalue weighted by Crippen LogP contribution is -1.85. The Morgan fingerprint density at radius 3 is 3.00 bits per heavy atom. The summed E-state index contributed by atoms with van der Waals surface area (Å²) in [6, 6.07) is 4.80. The van der Waals surface area contributed by atoms with Crippen LogP contribution in [0.5, 0.6) is 5.75 Å². The molecule has 1 rings (SSSR count). The summed E-state index contributed by atoms with van der Waals surface area (Å²) < 4.78 is 0. The number of rotatable bonds is 3. The quantitative estimate of drug-likeness (QED) is 0.600. The SMILES string of the molecule is CCO/N=C/c1ccc(Cl)cc1O. The summed E-state index contributed by atoms with van der Waals surface area (Å²) in [5, 5.41) is 13.5. The molecule has 1 N–H and O–H groups in total. The van der Waals surface area contributed by atoms with Crippen LogP contribution < -0.4 is 0 Å². The molecule has 1 aromatic carbocycles. The van der Waals surface area contributed by atoms with E-state index in [2.05, 4.69) is 5.16 Å². The molecule has 1 aromatic rings. The molecule has 0 amide bonds. The number of benzene rings is 1. The highest BCUT2D eigenvalue weighted by molar-refractivity contribution is 6.30. The molecule has 0 atom stereocenters. The summed E-state index contributed by atoms with van der Waals surface area (Å²) in [6.45, 7) is 2.34. The number of phenolic OH excluding ortho intramolecular Hbond substituents is 1. The van der Waals surface area contributed by atoms with E-state index in [9.17, 15) is 5.11 Å². The van der Waals surface area contributed by atoms with E-state index in [0.717, 1.165) is 0 Å². The van der Waals surface area contributed by atoms with E-state index in [1.807, 2.05) is 6.92 Å². The van der Waals surface area contributed by atoms with Crippen LogP contribution >= 0.6 is 11.6 Å². The molecule has 0 fully saturated rings. The molecule has 0 aliphatic carbocycles. The van der Waals surface area contributed by atoms with Crippen molar-refractivity contribution >= 4 is 17.8 Å². The molecule has 0 heterocycles. The predicted molar refractivity (Wildman–Crippen MR) is 52.3 cm³/mol. The minimum absolute atomic E-state index is 0.0935. The molecule has 0 radical (unpaired) electrons. The van der Waals surface area contributed by atoms with Gasteiger partial charge in [0, 0.05) is 10.6 Å². The van der Waals surface area contributed by atoms with Crippen LogP contribution in [0.1, 0.15) is 12.5 Å². The Labute approximate surface area is 81.6 Å². The summed E-state index contributed by atoms with van der Waals surface area (Å²) in [6.07, 6.45) is 1.44. The number of aromatic hydroxyl groups is 1. The molecule has 0 bridgehead atoms. The summed E-state index contributed by atoms with van der Waals surface area (Å²) >= 11 is 5.64. The Hall–Kier alpha value is -1.22. The lowest BCUT2D eigenvalue weighted by Gasteiger charge is -1.98. The van der Waals surface area contributed by atoms with Crippen LogP contribution in [0, 0.1) is 0 Å². The van der Waals surface area contributed by atoms with Gasteiger partial charge in [0.05, 0.1) is 6.21 Å². The fourth-order valence-corrected chi connectivity index (χ4v) is 0.961. The fourth-order valence-electron chi connectivity index (χ4n) is 0.795. The van der Waals surface area contributed by atoms with E-state index in [0.29, 0.717) is 17.2 Å². The van der Waals surface area contributed by atoms with Crippen molar-refractivity contribution in [3.8, 4) is 5.75 Å². The van der Waals surface area contributed by atoms with Crippen molar-refractivity contribution in [2.24, 2.45) is 5.16 Å². The van der Waals surface area contributed by atoms with E-state index in [4.69, 9.17) is 16.4 Å². The Kier molecular flexibility index (Phi) is 3.58. The summed E-state index contributed by atoms with van der Waals surface area (Å²) in [7, 11) is 0. The van der Waals surface area contributed by atoms with Crippen LogP contribution in [0.4, 0.5) is 0 Å². The van der Waals surface area contributed by atoms with Crippen molar-refractivity contribution in [1.82, 2.24) is 0 Å². The van der Waals surface area contributed by atoms with Gasteiger partial charge in [-0.25, -0.2) is 0 Å². The standard InChI is InChI=1S/C9H10ClNO2/c1-2-13-11-6-7-3-4-8(10)5-9(7)12/h3-6,12H,2H2,1H3/b11-6+. The fraction of sp³-hybridized carbons (Fsp3) is 0.222. The number of phenols is 1. The minimum atomic E-state index is 0.0935. The van der Waals surface area contributed by atoms with E-state index in [1.165, 1.54) is 12.3 Å². The van der Waals surface area contributed by atoms with Gasteiger partial charge in [-0.05, 0) is 25.1 Å². The van der Waals surface area contributed by atoms with Crippen LogP contribution in [0.3, 0.4) is 0 Å². The first-order valence-corrected chi connectivity index (χ1v) is 4.25. The highest BCUT2D eigenvalue weighted by Gasteiger charge is 1.98. The molecule has 0 spiro atoms. The first kappa shape index (κ1) is 9.86. The second-order valence-electron chi connectivity index (χ2n) is 2.36. The number of hydrogen-bond acceptors (Lipinski definition) is 3. The van der Waals surface area contributed by atoms with Gasteiger partial charge in [-0.2, -0.15) is 0 Å². The molecule has 4 heteroatoms. The third-order valence-electron chi connectivity index (χ3n) is 1.39. The van der Waals surface area contributed by atoms with Crippen LogP contribution in [-0.2, 0) is 4.84 Å². The zero-order chi connectivity index (χ0) is 9.68. The summed E-state index contributed by atoms with van der Waals surface area (Å²) in [5.41, 5.74) is 0.581. The smallest absolute Gasteiger partial charge is 0.125 e. The monoisotopic (exact) mass is 199 g/mol. The third-order valence-corrected chi connectivity index (χ3v) is 1.62. The molecule has 0 aromatic heterocycles. The topological polar surface area (TPSA) is 41.8 Å². The van der Waals surface area contributed by atoms with Crippen LogP contribution in [0.2, 0.25) is 5.02 Å². The van der Waals surface area contributed by atoms with Crippen molar-refractivity contribution in [1.29, 1.82) is 0 Å². The van der Waals surface area contributed by atoms with Gasteiger partial charge in [0.25, 0.3) is 0 Å². The molecular weight excluding hydrogens is 190 g/mol. The molecule has 3 nitrogen and oxygen atoms in total. The van der Waals surface area contributed by atoms with Gasteiger partial charge >= 0.3 is 0 Å². The van der Waals surface area contributed by atoms with E-state index < -0.39 is 0 Å². The number of hydrogen-bond donors (Lipinski definition) is 1. The first-order valence-electron chi connectivity index (χ1n) is 3.88. The number of halogens is 1. The van der Waals surface area contributed by atoms with Gasteiger partial charge in [0.1, 0.15) is 12.4 Å². The predicted octanol–water partition coefficient (Wildman–Crippen LogP) is 2.42. The molecule has 0 aliphatic heterocycles. The maximum Gasteiger partial charge on any atom is 0.125 e. The van der Waals surface area contributed by atoms with Crippen molar-refractivity contribution in [2.75, 3.05) is 6.61 Å². The van der Waals surface area contributed by atoms with E-state index in [1.54, 1.807) is 12.1 Å². The normalized spacial score (nSPS) is 10.6. The molecule has 0 saturated heterocycles. The van der Waals surface area contributed by atoms with Crippen molar-refractivity contribution in [3.05, 3.63) is 28.8 Å². The van der Waals surface area contributed by atoms with Gasteiger partial charge in [0.15, 0.2) is 0 Å². The minimum Gasteiger partial charge on any atom is -0.507 e. The Morgan fingerprint density at radius 2 is 2.38 bits per heavy atom. The number of nitrogens with zero attached hydrogens (tertiary/aromatic N) is 1. The average Bonchev–Trinajstić information content (AvgIpc) is 2.09. The Bertz CT molecular complexity index is 312. The van der Waals surface area contributed by atoms with Crippen molar-refractivity contribution in [3.63, 3.8) is 0 Å². The maximum atomic E-state index is 9.36. The molecule has 70 valence electrons. The van der Waals surface area contributed by atoms with Gasteiger partial charge in [-0.15, -0.1) is 0 Å². The average molecular weight is 200 g/mol. The first-order chi connectivity index (χ1) is 6.24. The summed E-state index contributed by atoms with van der Waals surface area (Å²) in [4.78, 5) is 4.75. The zero-order valence-electron chi connectivity index (χ0n) is 7.20. The van der Waals surface area contributed by atoms with Gasteiger partial charge < -0.3 is 9.94 Å². The Balaban J connectivity index is 2.77. The number of oxime groups is 1. The summed E-state index contributed by atoms with van der Waals surface area (Å²) in [5.74, 6) is 0.0935. The molecule has 0 aliphatic rings. The van der Waals surface area contributed by atoms with E-state index >= 15 is 0 Å². The van der Waals surface area contributed by atoms with Crippen LogP contribution in [0.15, 0.2) is 23.4 Å². The molecule has 0 saturated carbocycles. The van der Waals surface area contributed by atoms with Crippen LogP contribution in [0.25, 0.3) is 0 Å². The highest BCUT2D eigenvalue weighted by Crippen LogP contribution is 2.20. The zero-order valence-corrected chi connectivity index (χ0v) is 7.95. The lowest BCUT2D eigenvalue weighted by molar-refractivity contribution is 0.160. The molecule has 13 heavy (non-hydrogen) atoms. The largest absolute Gasteiger partial charge is 0.507 e. The second-order valence-corrected chi connectivity index (χ2v) is 2.79. The highest BCUT2D eigenvalue weighted by atomic mass is 35.5. The van der Waals surface area contributed by atoms with Crippen molar-refractivity contribution < 1.29 is 9.94 Å². The molecular formula is C9H10ClNO2. The van der Waals surface area contributed by atoms with Gasteiger partial charge in [-0.1, -0.05) is 16.8 Å². The third kappa shape index (κ3) is 2.95.